The van der Waals surface area contributed by atoms with E-state index >= 15 is 0 Å². The van der Waals surface area contributed by atoms with Crippen LogP contribution in [0.4, 0.5) is 0 Å². The van der Waals surface area contributed by atoms with Gasteiger partial charge in [-0.05, 0) is 204 Å². The van der Waals surface area contributed by atoms with E-state index in [9.17, 15) is 5.11 Å². The Morgan fingerprint density at radius 2 is 0.644 bits per heavy atom. The van der Waals surface area contributed by atoms with Crippen LogP contribution in [0.2, 0.25) is 0 Å². The van der Waals surface area contributed by atoms with Gasteiger partial charge in [0.2, 0.25) is 0 Å². The molecule has 1 N–H and O–H groups in total. The number of para-hydroxylation sites is 1. The van der Waals surface area contributed by atoms with E-state index in [1.807, 2.05) is 12.1 Å². The Morgan fingerprint density at radius 3 is 0.898 bits per heavy atom. The highest BCUT2D eigenvalue weighted by Crippen LogP contribution is 2.30. The van der Waals surface area contributed by atoms with Gasteiger partial charge in [0.1, 0.15) is 0 Å². The Bertz CT molecular complexity index is 1670. The van der Waals surface area contributed by atoms with Crippen molar-refractivity contribution < 1.29 is 9.84 Å². The predicted octanol–water partition coefficient (Wildman–Crippen LogP) is 18.4. The van der Waals surface area contributed by atoms with Crippen molar-refractivity contribution in [1.29, 1.82) is 0 Å². The van der Waals surface area contributed by atoms with Crippen LogP contribution >= 0.6 is 0 Å². The van der Waals surface area contributed by atoms with Gasteiger partial charge in [0.25, 0.3) is 0 Å². The molecular formula is C57H88O2. The Kier molecular flexibility index (Phi) is 29.8. The second kappa shape index (κ2) is 33.0. The summed E-state index contributed by atoms with van der Waals surface area (Å²) >= 11 is 0. The lowest BCUT2D eigenvalue weighted by Gasteiger charge is -2.07. The summed E-state index contributed by atoms with van der Waals surface area (Å²) in [5, 5.41) is 10.3. The van der Waals surface area contributed by atoms with Gasteiger partial charge in [-0.25, -0.2) is 0 Å². The second-order valence-electron chi connectivity index (χ2n) is 17.8. The van der Waals surface area contributed by atoms with Crippen molar-refractivity contribution in [3.8, 4) is 11.5 Å². The molecule has 328 valence electrons. The van der Waals surface area contributed by atoms with Crippen molar-refractivity contribution in [1.82, 2.24) is 0 Å². The molecule has 0 radical (unpaired) electrons. The number of phenols is 1. The molecule has 0 fully saturated rings. The third-order valence-corrected chi connectivity index (χ3v) is 11.3. The van der Waals surface area contributed by atoms with Crippen LogP contribution in [0.5, 0.6) is 11.5 Å². The first-order valence-corrected chi connectivity index (χ1v) is 23.1. The molecule has 0 unspecified atom stereocenters. The first-order valence-electron chi connectivity index (χ1n) is 23.1. The van der Waals surface area contributed by atoms with Crippen LogP contribution in [0.1, 0.15) is 197 Å². The van der Waals surface area contributed by atoms with Crippen LogP contribution in [0.3, 0.4) is 0 Å². The van der Waals surface area contributed by atoms with Crippen LogP contribution in [0.25, 0.3) is 0 Å². The van der Waals surface area contributed by atoms with Gasteiger partial charge in [-0.3, -0.25) is 0 Å². The minimum absolute atomic E-state index is 0.248. The highest BCUT2D eigenvalue weighted by molar-refractivity contribution is 5.46. The highest BCUT2D eigenvalue weighted by atomic mass is 16.5. The van der Waals surface area contributed by atoms with E-state index in [1.165, 1.54) is 94.3 Å². The monoisotopic (exact) mass is 805 g/mol. The number of aromatic hydroxyl groups is 1. The summed E-state index contributed by atoms with van der Waals surface area (Å²) in [6.45, 7) is 24.9. The highest BCUT2D eigenvalue weighted by Gasteiger charge is 2.06. The Morgan fingerprint density at radius 1 is 0.390 bits per heavy atom. The van der Waals surface area contributed by atoms with Gasteiger partial charge in [-0.2, -0.15) is 0 Å². The molecule has 0 aliphatic heterocycles. The molecule has 2 heteroatoms. The summed E-state index contributed by atoms with van der Waals surface area (Å²) in [6.07, 6.45) is 45.4. The summed E-state index contributed by atoms with van der Waals surface area (Å²) < 4.78 is 5.23. The fourth-order valence-electron chi connectivity index (χ4n) is 7.06. The van der Waals surface area contributed by atoms with Gasteiger partial charge in [-0.15, -0.1) is 0 Å². The number of ether oxygens (including phenoxy) is 1. The number of phenolic OH excluding ortho intramolecular Hbond substituents is 1. The molecule has 1 aromatic rings. The summed E-state index contributed by atoms with van der Waals surface area (Å²) in [7, 11) is 1.59. The molecule has 0 heterocycles. The van der Waals surface area contributed by atoms with Crippen molar-refractivity contribution >= 4 is 0 Å². The number of methoxy groups -OCH3 is 1. The van der Waals surface area contributed by atoms with Crippen molar-refractivity contribution in [3.05, 3.63) is 140 Å². The molecule has 59 heavy (non-hydrogen) atoms. The van der Waals surface area contributed by atoms with E-state index in [1.54, 1.807) is 13.2 Å². The van der Waals surface area contributed by atoms with Crippen molar-refractivity contribution in [2.75, 3.05) is 7.11 Å². The lowest BCUT2D eigenvalue weighted by molar-refractivity contribution is 0.371. The zero-order valence-electron chi connectivity index (χ0n) is 40.3. The number of allylic oxidation sites excluding steroid dienone is 20. The Balaban J connectivity index is 2.25. The zero-order valence-corrected chi connectivity index (χ0v) is 40.3. The normalized spacial score (nSPS) is 14.3. The molecule has 2 nitrogen and oxygen atoms in total. The Hall–Kier alpha value is -3.78. The van der Waals surface area contributed by atoms with Gasteiger partial charge in [0.05, 0.1) is 7.11 Å². The summed E-state index contributed by atoms with van der Waals surface area (Å²) in [6, 6.07) is 5.67. The number of hydrogen-bond acceptors (Lipinski definition) is 2. The number of benzene rings is 1. The van der Waals surface area contributed by atoms with Crippen LogP contribution in [0.15, 0.2) is 135 Å². The SMILES string of the molecule is COc1cccc(C/C=C(\C)CC/C=C(\C)CC/C=C(\C)CC/C=C(\C)CC/C=C(\C)CC/C=C(\C)CC/C=C(\C)CC/C=C(\C)CC/C=C(\C)CCC=C(C)C)c1O. The topological polar surface area (TPSA) is 29.5 Å². The maximum absolute atomic E-state index is 10.3. The van der Waals surface area contributed by atoms with Gasteiger partial charge >= 0.3 is 0 Å². The molecule has 1 aromatic carbocycles. The van der Waals surface area contributed by atoms with Gasteiger partial charge in [0.15, 0.2) is 11.5 Å². The first kappa shape index (κ1) is 53.2. The Labute approximate surface area is 365 Å². The smallest absolute Gasteiger partial charge is 0.161 e. The summed E-state index contributed by atoms with van der Waals surface area (Å²) in [5.74, 6) is 0.782. The fourth-order valence-corrected chi connectivity index (χ4v) is 7.06. The molecule has 0 aromatic heterocycles. The summed E-state index contributed by atoms with van der Waals surface area (Å²) in [5.41, 5.74) is 15.8. The quantitative estimate of drug-likeness (QED) is 0.0785. The van der Waals surface area contributed by atoms with Crippen molar-refractivity contribution in [2.45, 2.75) is 198 Å². The lowest BCUT2D eigenvalue weighted by Crippen LogP contribution is -1.89. The van der Waals surface area contributed by atoms with Crippen LogP contribution in [-0.4, -0.2) is 12.2 Å². The molecule has 0 aliphatic carbocycles. The van der Waals surface area contributed by atoms with E-state index in [2.05, 4.69) is 137 Å². The van der Waals surface area contributed by atoms with Crippen molar-refractivity contribution in [2.24, 2.45) is 0 Å². The van der Waals surface area contributed by atoms with E-state index in [0.717, 1.165) is 89.0 Å². The molecule has 0 aliphatic rings. The van der Waals surface area contributed by atoms with Gasteiger partial charge in [-0.1, -0.05) is 129 Å². The molecule has 0 atom stereocenters. The standard InChI is InChI=1S/C57H88O2/c1-45(2)23-13-24-46(3)25-14-26-47(4)27-15-28-48(5)29-16-30-49(6)31-17-32-50(7)33-18-34-51(8)35-19-36-52(9)37-20-38-53(10)39-21-40-54(11)43-44-55-41-22-42-56(59-12)57(55)58/h22-23,25,27,29,31,33,35,37,39,41-43,58H,13-21,24,26,28,30,32,34,36,38,40,44H2,1-12H3/b46-25+,47-27+,48-29+,49-31+,50-33+,51-35+,52-37+,53-39+,54-43+. The maximum atomic E-state index is 10.3. The average molecular weight is 805 g/mol. The van der Waals surface area contributed by atoms with Crippen LogP contribution in [-0.2, 0) is 6.42 Å². The molecular weight excluding hydrogens is 717 g/mol. The van der Waals surface area contributed by atoms with Gasteiger partial charge < -0.3 is 9.84 Å². The number of rotatable bonds is 30. The summed E-state index contributed by atoms with van der Waals surface area (Å²) in [4.78, 5) is 0. The van der Waals surface area contributed by atoms with Crippen LogP contribution in [0, 0.1) is 0 Å². The largest absolute Gasteiger partial charge is 0.504 e. The maximum Gasteiger partial charge on any atom is 0.161 e. The van der Waals surface area contributed by atoms with Crippen LogP contribution < -0.4 is 4.74 Å². The van der Waals surface area contributed by atoms with E-state index in [-0.39, 0.29) is 5.75 Å². The third-order valence-electron chi connectivity index (χ3n) is 11.3. The first-order chi connectivity index (χ1) is 28.2. The molecule has 0 saturated heterocycles. The fraction of sp³-hybridized carbons (Fsp3) is 0.544. The molecule has 0 spiro atoms. The molecule has 0 saturated carbocycles. The predicted molar refractivity (Wildman–Crippen MR) is 265 cm³/mol. The molecule has 0 amide bonds. The number of hydrogen-bond donors (Lipinski definition) is 1. The van der Waals surface area contributed by atoms with E-state index < -0.39 is 0 Å². The minimum atomic E-state index is 0.248. The molecule has 1 rings (SSSR count). The minimum Gasteiger partial charge on any atom is -0.504 e. The molecule has 0 bridgehead atoms. The van der Waals surface area contributed by atoms with E-state index in [0.29, 0.717) is 5.75 Å². The second-order valence-corrected chi connectivity index (χ2v) is 17.8. The van der Waals surface area contributed by atoms with Crippen molar-refractivity contribution in [3.63, 3.8) is 0 Å². The lowest BCUT2D eigenvalue weighted by atomic mass is 10.0. The zero-order chi connectivity index (χ0) is 43.8. The van der Waals surface area contributed by atoms with Gasteiger partial charge in [0, 0.05) is 5.56 Å². The van der Waals surface area contributed by atoms with E-state index in [4.69, 9.17) is 4.74 Å². The third kappa shape index (κ3) is 29.1. The average Bonchev–Trinajstić information content (AvgIpc) is 3.17.